The molecule has 340 valence electrons. The first-order valence-corrected chi connectivity index (χ1v) is 22.3. The molecule has 0 amide bonds. The molecule has 2 aliphatic heterocycles. The van der Waals surface area contributed by atoms with Gasteiger partial charge in [-0.05, 0) is 33.4 Å². The summed E-state index contributed by atoms with van der Waals surface area (Å²) in [6, 6.07) is 58.9. The quantitative estimate of drug-likeness (QED) is 0.0691. The van der Waals surface area contributed by atoms with E-state index in [0.29, 0.717) is 6.61 Å². The number of ether oxygens (including phenoxy) is 9. The van der Waals surface area contributed by atoms with Crippen LogP contribution in [0.4, 0.5) is 0 Å². The van der Waals surface area contributed by atoms with Crippen molar-refractivity contribution in [2.45, 2.75) is 101 Å². The molecule has 0 spiro atoms. The predicted molar refractivity (Wildman–Crippen MR) is 243 cm³/mol. The van der Waals surface area contributed by atoms with Gasteiger partial charge in [0.25, 0.3) is 0 Å². The van der Waals surface area contributed by atoms with E-state index < -0.39 is 61.4 Å². The molecular formula is C54H58O11. The average Bonchev–Trinajstić information content (AvgIpc) is 3.36. The summed E-state index contributed by atoms with van der Waals surface area (Å²) in [7, 11) is 0. The zero-order valence-corrected chi connectivity index (χ0v) is 36.3. The lowest BCUT2D eigenvalue weighted by Gasteiger charge is -2.47. The highest BCUT2D eigenvalue weighted by molar-refractivity contribution is 5.18. The third-order valence-corrected chi connectivity index (χ3v) is 11.5. The first-order valence-electron chi connectivity index (χ1n) is 22.3. The number of hydrogen-bond acceptors (Lipinski definition) is 11. The third kappa shape index (κ3) is 13.5. The molecule has 6 aromatic carbocycles. The van der Waals surface area contributed by atoms with Gasteiger partial charge in [-0.1, -0.05) is 182 Å². The standard InChI is InChI=1S/C54H58O11/c55-47-45(64-53(56)51(61-35-43-27-15-5-16-28-43)49(47)59-33-41-23-11-3-12-24-41)38-63-54-52(62-36-44-29-17-6-18-30-44)50(60-34-42-25-13-4-14-26-42)48(58-32-40-21-9-2-10-22-40)46(65-54)37-57-31-39-19-7-1-8-20-39/h1-30,45-56H,31-38H2/t45-,46-,47+,48-,49+,50+,51-,52+,53+,54-/m1/s1. The van der Waals surface area contributed by atoms with E-state index in [2.05, 4.69) is 0 Å². The lowest BCUT2D eigenvalue weighted by Crippen LogP contribution is -2.63. The van der Waals surface area contributed by atoms with Crippen molar-refractivity contribution >= 4 is 0 Å². The molecule has 65 heavy (non-hydrogen) atoms. The number of aliphatic hydroxyl groups is 2. The molecule has 0 bridgehead atoms. The normalized spacial score (nSPS) is 25.6. The average molecular weight is 883 g/mol. The zero-order valence-electron chi connectivity index (χ0n) is 36.3. The van der Waals surface area contributed by atoms with Crippen molar-refractivity contribution in [3.05, 3.63) is 215 Å². The minimum atomic E-state index is -1.45. The molecule has 0 saturated carbocycles. The first kappa shape index (κ1) is 46.4. The maximum atomic E-state index is 12.0. The van der Waals surface area contributed by atoms with Crippen molar-refractivity contribution in [2.75, 3.05) is 13.2 Å². The van der Waals surface area contributed by atoms with Gasteiger partial charge in [0.15, 0.2) is 12.6 Å². The maximum Gasteiger partial charge on any atom is 0.187 e. The van der Waals surface area contributed by atoms with Gasteiger partial charge in [0.2, 0.25) is 0 Å². The van der Waals surface area contributed by atoms with Crippen LogP contribution in [0, 0.1) is 0 Å². The Morgan fingerprint density at radius 3 is 1.11 bits per heavy atom. The summed E-state index contributed by atoms with van der Waals surface area (Å²) in [6.07, 6.45) is -9.77. The van der Waals surface area contributed by atoms with Gasteiger partial charge in [0, 0.05) is 0 Å². The minimum Gasteiger partial charge on any atom is -0.387 e. The Bertz CT molecular complexity index is 2210. The largest absolute Gasteiger partial charge is 0.387 e. The van der Waals surface area contributed by atoms with E-state index in [1.807, 2.05) is 182 Å². The van der Waals surface area contributed by atoms with Crippen LogP contribution in [-0.4, -0.2) is 84.8 Å². The molecule has 11 nitrogen and oxygen atoms in total. The molecule has 8 rings (SSSR count). The molecule has 0 aromatic heterocycles. The Morgan fingerprint density at radius 1 is 0.323 bits per heavy atom. The molecular weight excluding hydrogens is 825 g/mol. The SMILES string of the molecule is O[C@@H]1[C@H](OCc2ccccc2)[C@@H](OCc2ccccc2)[C@@H](O)O[C@@H]1CO[C@@H]1O[C@H](COCc2ccccc2)[C@@H](OCc2ccccc2)[C@H](OCc2ccccc2)[C@@H]1OCc1ccccc1. The molecule has 2 saturated heterocycles. The van der Waals surface area contributed by atoms with E-state index in [1.165, 1.54) is 0 Å². The lowest BCUT2D eigenvalue weighted by molar-refractivity contribution is -0.346. The van der Waals surface area contributed by atoms with Crippen molar-refractivity contribution < 1.29 is 52.8 Å². The molecule has 2 aliphatic rings. The van der Waals surface area contributed by atoms with Gasteiger partial charge in [-0.15, -0.1) is 0 Å². The van der Waals surface area contributed by atoms with Gasteiger partial charge in [-0.2, -0.15) is 0 Å². The Hall–Kier alpha value is -5.12. The van der Waals surface area contributed by atoms with Gasteiger partial charge < -0.3 is 52.8 Å². The topological polar surface area (TPSA) is 124 Å². The van der Waals surface area contributed by atoms with Crippen molar-refractivity contribution in [3.8, 4) is 0 Å². The number of benzene rings is 6. The number of hydrogen-bond donors (Lipinski definition) is 2. The number of aliphatic hydroxyl groups excluding tert-OH is 2. The monoisotopic (exact) mass is 882 g/mol. The second-order valence-corrected chi connectivity index (χ2v) is 16.2. The molecule has 2 N–H and O–H groups in total. The highest BCUT2D eigenvalue weighted by Crippen LogP contribution is 2.33. The minimum absolute atomic E-state index is 0.141. The molecule has 0 radical (unpaired) electrons. The zero-order chi connectivity index (χ0) is 44.5. The first-order chi connectivity index (χ1) is 32.1. The summed E-state index contributed by atoms with van der Waals surface area (Å²) >= 11 is 0. The summed E-state index contributed by atoms with van der Waals surface area (Å²) in [6.45, 7) is 1.39. The molecule has 11 heteroatoms. The fourth-order valence-electron chi connectivity index (χ4n) is 8.02. The smallest absolute Gasteiger partial charge is 0.187 e. The maximum absolute atomic E-state index is 12.0. The van der Waals surface area contributed by atoms with Crippen LogP contribution in [0.5, 0.6) is 0 Å². The van der Waals surface area contributed by atoms with Crippen molar-refractivity contribution in [2.24, 2.45) is 0 Å². The van der Waals surface area contributed by atoms with E-state index in [4.69, 9.17) is 42.6 Å². The second-order valence-electron chi connectivity index (χ2n) is 16.2. The summed E-state index contributed by atoms with van der Waals surface area (Å²) in [5, 5.41) is 23.6. The van der Waals surface area contributed by atoms with E-state index in [9.17, 15) is 10.2 Å². The molecule has 6 aromatic rings. The van der Waals surface area contributed by atoms with Gasteiger partial charge in [-0.3, -0.25) is 0 Å². The van der Waals surface area contributed by atoms with Crippen LogP contribution in [0.25, 0.3) is 0 Å². The van der Waals surface area contributed by atoms with Crippen LogP contribution < -0.4 is 0 Å². The highest BCUT2D eigenvalue weighted by atomic mass is 16.7. The third-order valence-electron chi connectivity index (χ3n) is 11.5. The van der Waals surface area contributed by atoms with Crippen LogP contribution in [0.1, 0.15) is 33.4 Å². The van der Waals surface area contributed by atoms with Gasteiger partial charge >= 0.3 is 0 Å². The molecule has 0 unspecified atom stereocenters. The predicted octanol–water partition coefficient (Wildman–Crippen LogP) is 7.95. The lowest BCUT2D eigenvalue weighted by atomic mass is 9.97. The Labute approximate surface area is 381 Å². The van der Waals surface area contributed by atoms with Crippen molar-refractivity contribution in [1.82, 2.24) is 0 Å². The number of rotatable bonds is 22. The van der Waals surface area contributed by atoms with Crippen LogP contribution in [0.15, 0.2) is 182 Å². The van der Waals surface area contributed by atoms with E-state index in [-0.39, 0.29) is 46.2 Å². The highest BCUT2D eigenvalue weighted by Gasteiger charge is 2.51. The molecule has 2 fully saturated rings. The Kier molecular flexibility index (Phi) is 17.4. The second kappa shape index (κ2) is 24.4. The Balaban J connectivity index is 1.07. The van der Waals surface area contributed by atoms with Crippen LogP contribution in [0.3, 0.4) is 0 Å². The fourth-order valence-corrected chi connectivity index (χ4v) is 8.02. The van der Waals surface area contributed by atoms with Crippen molar-refractivity contribution in [3.63, 3.8) is 0 Å². The summed E-state index contributed by atoms with van der Waals surface area (Å²) in [5.74, 6) is 0. The van der Waals surface area contributed by atoms with Crippen molar-refractivity contribution in [1.29, 1.82) is 0 Å². The molecule has 2 heterocycles. The molecule has 0 aliphatic carbocycles. The van der Waals surface area contributed by atoms with Crippen LogP contribution >= 0.6 is 0 Å². The Morgan fingerprint density at radius 2 is 0.677 bits per heavy atom. The van der Waals surface area contributed by atoms with Gasteiger partial charge in [-0.25, -0.2) is 0 Å². The fraction of sp³-hybridized carbons (Fsp3) is 0.333. The van der Waals surface area contributed by atoms with Crippen LogP contribution in [0.2, 0.25) is 0 Å². The van der Waals surface area contributed by atoms with E-state index in [1.54, 1.807) is 0 Å². The van der Waals surface area contributed by atoms with Crippen LogP contribution in [-0.2, 0) is 82.3 Å². The van der Waals surface area contributed by atoms with E-state index in [0.717, 1.165) is 33.4 Å². The summed E-state index contributed by atoms with van der Waals surface area (Å²) in [5.41, 5.74) is 5.70. The van der Waals surface area contributed by atoms with Gasteiger partial charge in [0.05, 0.1) is 52.9 Å². The summed E-state index contributed by atoms with van der Waals surface area (Å²) < 4.78 is 59.1. The van der Waals surface area contributed by atoms with Gasteiger partial charge in [0.1, 0.15) is 48.8 Å². The van der Waals surface area contributed by atoms with E-state index >= 15 is 0 Å². The summed E-state index contributed by atoms with van der Waals surface area (Å²) in [4.78, 5) is 0. The molecule has 10 atom stereocenters.